The molecule has 5 nitrogen and oxygen atoms in total. The van der Waals surface area contributed by atoms with E-state index in [0.29, 0.717) is 31.7 Å². The Labute approximate surface area is 142 Å². The van der Waals surface area contributed by atoms with Crippen LogP contribution in [-0.2, 0) is 6.18 Å². The van der Waals surface area contributed by atoms with Gasteiger partial charge in [0.2, 0.25) is 0 Å². The second-order valence-electron chi connectivity index (χ2n) is 5.76. The molecule has 132 valence electrons. The number of carbonyl (C=O) groups is 2. The Morgan fingerprint density at radius 2 is 1.36 bits per heavy atom. The van der Waals surface area contributed by atoms with Crippen LogP contribution in [0.15, 0.2) is 42.7 Å². The fraction of sp³-hybridized carbons (Fsp3) is 0.294. The standard InChI is InChI=1S/C17H16F3N3O2/c18-17(19,20)14-3-1-12(2-4-14)15(24)22-7-9-23(10-8-22)16(25)13-5-6-21-11-13/h1-6,11,21H,7-10H2. The van der Waals surface area contributed by atoms with Crippen molar-refractivity contribution in [2.24, 2.45) is 0 Å². The Morgan fingerprint density at radius 3 is 1.80 bits per heavy atom. The Balaban J connectivity index is 1.61. The predicted molar refractivity (Wildman–Crippen MR) is 84.0 cm³/mol. The van der Waals surface area contributed by atoms with Crippen LogP contribution in [0.2, 0.25) is 0 Å². The third kappa shape index (κ3) is 3.67. The molecule has 0 aliphatic carbocycles. The second-order valence-corrected chi connectivity index (χ2v) is 5.76. The zero-order valence-electron chi connectivity index (χ0n) is 13.2. The zero-order chi connectivity index (χ0) is 18.0. The largest absolute Gasteiger partial charge is 0.416 e. The van der Waals surface area contributed by atoms with Gasteiger partial charge < -0.3 is 14.8 Å². The molecule has 1 aliphatic heterocycles. The van der Waals surface area contributed by atoms with E-state index in [9.17, 15) is 22.8 Å². The van der Waals surface area contributed by atoms with Crippen LogP contribution in [0.25, 0.3) is 0 Å². The van der Waals surface area contributed by atoms with Gasteiger partial charge in [-0.05, 0) is 30.3 Å². The number of H-pyrrole nitrogens is 1. The molecule has 2 amide bonds. The van der Waals surface area contributed by atoms with Crippen molar-refractivity contribution in [1.29, 1.82) is 0 Å². The highest BCUT2D eigenvalue weighted by Crippen LogP contribution is 2.29. The molecule has 1 aliphatic rings. The van der Waals surface area contributed by atoms with Crippen LogP contribution in [0.3, 0.4) is 0 Å². The van der Waals surface area contributed by atoms with Gasteiger partial charge in [0.15, 0.2) is 0 Å². The Hall–Kier alpha value is -2.77. The number of piperazine rings is 1. The lowest BCUT2D eigenvalue weighted by molar-refractivity contribution is -0.137. The van der Waals surface area contributed by atoms with Crippen molar-refractivity contribution >= 4 is 11.8 Å². The number of benzene rings is 1. The summed E-state index contributed by atoms with van der Waals surface area (Å²) in [6.45, 7) is 1.46. The highest BCUT2D eigenvalue weighted by atomic mass is 19.4. The maximum absolute atomic E-state index is 12.6. The van der Waals surface area contributed by atoms with E-state index in [-0.39, 0.29) is 17.4 Å². The summed E-state index contributed by atoms with van der Waals surface area (Å²) in [4.78, 5) is 30.7. The third-order valence-corrected chi connectivity index (χ3v) is 4.16. The van der Waals surface area contributed by atoms with E-state index < -0.39 is 11.7 Å². The van der Waals surface area contributed by atoms with Gasteiger partial charge in [0.05, 0.1) is 11.1 Å². The molecule has 1 fully saturated rings. The molecule has 0 atom stereocenters. The summed E-state index contributed by atoms with van der Waals surface area (Å²) in [7, 11) is 0. The lowest BCUT2D eigenvalue weighted by Crippen LogP contribution is -2.50. The molecule has 1 aromatic heterocycles. The van der Waals surface area contributed by atoms with E-state index in [0.717, 1.165) is 12.1 Å². The lowest BCUT2D eigenvalue weighted by Gasteiger charge is -2.34. The molecule has 2 heterocycles. The van der Waals surface area contributed by atoms with Crippen LogP contribution in [-0.4, -0.2) is 52.8 Å². The predicted octanol–water partition coefficient (Wildman–Crippen LogP) is 2.63. The van der Waals surface area contributed by atoms with E-state index in [4.69, 9.17) is 0 Å². The van der Waals surface area contributed by atoms with Crippen LogP contribution in [0.5, 0.6) is 0 Å². The number of amides is 2. The molecule has 3 rings (SSSR count). The van der Waals surface area contributed by atoms with E-state index in [1.165, 1.54) is 12.1 Å². The van der Waals surface area contributed by atoms with E-state index >= 15 is 0 Å². The van der Waals surface area contributed by atoms with E-state index in [1.54, 1.807) is 28.3 Å². The molecular weight excluding hydrogens is 335 g/mol. The average Bonchev–Trinajstić information content (AvgIpc) is 3.14. The summed E-state index contributed by atoms with van der Waals surface area (Å²) < 4.78 is 37.7. The van der Waals surface area contributed by atoms with Crippen LogP contribution < -0.4 is 0 Å². The van der Waals surface area contributed by atoms with Gasteiger partial charge in [0.25, 0.3) is 11.8 Å². The molecule has 0 bridgehead atoms. The molecule has 2 aromatic rings. The molecule has 0 radical (unpaired) electrons. The quantitative estimate of drug-likeness (QED) is 0.904. The average molecular weight is 351 g/mol. The number of aromatic nitrogens is 1. The molecule has 25 heavy (non-hydrogen) atoms. The van der Waals surface area contributed by atoms with Gasteiger partial charge in [0, 0.05) is 44.1 Å². The minimum absolute atomic E-state index is 0.108. The van der Waals surface area contributed by atoms with Gasteiger partial charge in [-0.15, -0.1) is 0 Å². The van der Waals surface area contributed by atoms with Gasteiger partial charge in [-0.25, -0.2) is 0 Å². The highest BCUT2D eigenvalue weighted by molar-refractivity contribution is 5.95. The van der Waals surface area contributed by atoms with Gasteiger partial charge in [0.1, 0.15) is 0 Å². The summed E-state index contributed by atoms with van der Waals surface area (Å²) in [5.41, 5.74) is -0.0214. The highest BCUT2D eigenvalue weighted by Gasteiger charge is 2.31. The van der Waals surface area contributed by atoms with Crippen LogP contribution in [0, 0.1) is 0 Å². The third-order valence-electron chi connectivity index (χ3n) is 4.16. The van der Waals surface area contributed by atoms with Crippen molar-refractivity contribution < 1.29 is 22.8 Å². The maximum atomic E-state index is 12.6. The van der Waals surface area contributed by atoms with Crippen LogP contribution in [0.1, 0.15) is 26.3 Å². The first-order valence-electron chi connectivity index (χ1n) is 7.75. The van der Waals surface area contributed by atoms with Crippen molar-refractivity contribution in [3.8, 4) is 0 Å². The molecule has 0 saturated carbocycles. The maximum Gasteiger partial charge on any atom is 0.416 e. The first kappa shape index (κ1) is 17.1. The fourth-order valence-corrected chi connectivity index (χ4v) is 2.74. The number of rotatable bonds is 2. The van der Waals surface area contributed by atoms with E-state index in [1.807, 2.05) is 0 Å². The van der Waals surface area contributed by atoms with Gasteiger partial charge in [-0.1, -0.05) is 0 Å². The minimum Gasteiger partial charge on any atom is -0.367 e. The summed E-state index contributed by atoms with van der Waals surface area (Å²) in [6, 6.07) is 5.85. The number of hydrogen-bond donors (Lipinski definition) is 1. The first-order valence-corrected chi connectivity index (χ1v) is 7.75. The molecule has 0 unspecified atom stereocenters. The number of aromatic amines is 1. The molecule has 1 aromatic carbocycles. The smallest absolute Gasteiger partial charge is 0.367 e. The van der Waals surface area contributed by atoms with Crippen molar-refractivity contribution in [2.75, 3.05) is 26.2 Å². The van der Waals surface area contributed by atoms with Gasteiger partial charge in [-0.3, -0.25) is 9.59 Å². The Kier molecular flexibility index (Phi) is 4.52. The molecule has 8 heteroatoms. The number of nitrogens with zero attached hydrogens (tertiary/aromatic N) is 2. The monoisotopic (exact) mass is 351 g/mol. The summed E-state index contributed by atoms with van der Waals surface area (Å²) in [6.07, 6.45) is -1.15. The number of hydrogen-bond acceptors (Lipinski definition) is 2. The van der Waals surface area contributed by atoms with Gasteiger partial charge >= 0.3 is 6.18 Å². The SMILES string of the molecule is O=C(c1ccc(C(F)(F)F)cc1)N1CCN(C(=O)c2cc[nH]c2)CC1. The fourth-order valence-electron chi connectivity index (χ4n) is 2.74. The van der Waals surface area contributed by atoms with Crippen molar-refractivity contribution in [3.63, 3.8) is 0 Å². The number of halogens is 3. The van der Waals surface area contributed by atoms with Gasteiger partial charge in [-0.2, -0.15) is 13.2 Å². The second kappa shape index (κ2) is 6.62. The number of alkyl halides is 3. The van der Waals surface area contributed by atoms with E-state index in [2.05, 4.69) is 4.98 Å². The lowest BCUT2D eigenvalue weighted by atomic mass is 10.1. The van der Waals surface area contributed by atoms with Crippen molar-refractivity contribution in [3.05, 3.63) is 59.4 Å². The summed E-state index contributed by atoms with van der Waals surface area (Å²) in [5.74, 6) is -0.439. The Bertz CT molecular complexity index is 746. The normalized spacial score (nSPS) is 15.3. The van der Waals surface area contributed by atoms with Crippen molar-refractivity contribution in [1.82, 2.24) is 14.8 Å². The minimum atomic E-state index is -4.42. The summed E-state index contributed by atoms with van der Waals surface area (Å²) >= 11 is 0. The number of carbonyl (C=O) groups excluding carboxylic acids is 2. The summed E-state index contributed by atoms with van der Waals surface area (Å²) in [5, 5.41) is 0. The Morgan fingerprint density at radius 1 is 0.840 bits per heavy atom. The molecule has 0 spiro atoms. The molecule has 1 saturated heterocycles. The molecular formula is C17H16F3N3O2. The first-order chi connectivity index (χ1) is 11.9. The molecule has 1 N–H and O–H groups in total. The topological polar surface area (TPSA) is 56.4 Å². The van der Waals surface area contributed by atoms with Crippen molar-refractivity contribution in [2.45, 2.75) is 6.18 Å². The zero-order valence-corrected chi connectivity index (χ0v) is 13.2. The van der Waals surface area contributed by atoms with Crippen LogP contribution in [0.4, 0.5) is 13.2 Å². The number of nitrogens with one attached hydrogen (secondary N) is 1. The van der Waals surface area contributed by atoms with Crippen LogP contribution >= 0.6 is 0 Å².